The molecule has 32 heavy (non-hydrogen) atoms. The molecule has 7 heteroatoms. The van der Waals surface area contributed by atoms with Crippen LogP contribution in [0.25, 0.3) is 0 Å². The molecule has 1 heterocycles. The minimum absolute atomic E-state index is 0.345. The van der Waals surface area contributed by atoms with Gasteiger partial charge in [0, 0.05) is 6.54 Å². The first kappa shape index (κ1) is 23.8. The third-order valence-corrected chi connectivity index (χ3v) is 5.29. The molecule has 0 unspecified atom stereocenters. The number of hydrogen-bond donors (Lipinski definition) is 1. The highest BCUT2D eigenvalue weighted by Crippen LogP contribution is 2.16. The van der Waals surface area contributed by atoms with Gasteiger partial charge in [-0.05, 0) is 60.4 Å². The molecule has 6 nitrogen and oxygen atoms in total. The zero-order chi connectivity index (χ0) is 22.6. The van der Waals surface area contributed by atoms with Gasteiger partial charge >= 0.3 is 0 Å². The highest BCUT2D eigenvalue weighted by molar-refractivity contribution is 7.80. The molecule has 0 spiro atoms. The zero-order valence-electron chi connectivity index (χ0n) is 18.6. The summed E-state index contributed by atoms with van der Waals surface area (Å²) in [6.45, 7) is 5.01. The molecular formula is C25H30N2O4S. The van der Waals surface area contributed by atoms with Crippen LogP contribution in [-0.4, -0.2) is 44.2 Å². The lowest BCUT2D eigenvalue weighted by molar-refractivity contribution is 0.130. The number of oxime groups is 1. The lowest BCUT2D eigenvalue weighted by atomic mass is 10.1. The van der Waals surface area contributed by atoms with Gasteiger partial charge in [-0.3, -0.25) is 0 Å². The molecule has 0 radical (unpaired) electrons. The molecule has 0 saturated heterocycles. The summed E-state index contributed by atoms with van der Waals surface area (Å²) in [5, 5.41) is 7.57. The Hall–Kier alpha value is -2.90. The number of ether oxygens (including phenoxy) is 3. The van der Waals surface area contributed by atoms with E-state index in [0.717, 1.165) is 54.3 Å². The fourth-order valence-electron chi connectivity index (χ4n) is 3.11. The topological polar surface area (TPSA) is 61.3 Å². The summed E-state index contributed by atoms with van der Waals surface area (Å²) in [6.07, 6.45) is 3.81. The largest absolute Gasteiger partial charge is 0.497 e. The molecular weight excluding hydrogens is 424 g/mol. The second-order valence-electron chi connectivity index (χ2n) is 7.29. The van der Waals surface area contributed by atoms with E-state index < -0.39 is 0 Å². The highest BCUT2D eigenvalue weighted by atomic mass is 32.1. The monoisotopic (exact) mass is 454 g/mol. The van der Waals surface area contributed by atoms with Crippen LogP contribution in [0.5, 0.6) is 11.5 Å². The third-order valence-electron chi connectivity index (χ3n) is 5.03. The Morgan fingerprint density at radius 1 is 1.09 bits per heavy atom. The van der Waals surface area contributed by atoms with E-state index in [1.54, 1.807) is 7.11 Å². The molecule has 2 aromatic carbocycles. The molecule has 1 N–H and O–H groups in total. The van der Waals surface area contributed by atoms with Crippen molar-refractivity contribution < 1.29 is 19.0 Å². The van der Waals surface area contributed by atoms with Crippen molar-refractivity contribution in [2.75, 3.05) is 33.5 Å². The highest BCUT2D eigenvalue weighted by Gasteiger charge is 2.06. The SMILES string of the molecule is CC/C(=N\OCc1ccc(OC)cc1)c1ccc(OCC(=S)NCC2=CCOCC2)cc1. The summed E-state index contributed by atoms with van der Waals surface area (Å²) in [7, 11) is 1.65. The number of thiocarbonyl (C=S) groups is 1. The predicted molar refractivity (Wildman–Crippen MR) is 131 cm³/mol. The Balaban J connectivity index is 1.45. The van der Waals surface area contributed by atoms with Crippen molar-refractivity contribution in [3.8, 4) is 11.5 Å². The average Bonchev–Trinajstić information content (AvgIpc) is 2.85. The Morgan fingerprint density at radius 2 is 1.84 bits per heavy atom. The van der Waals surface area contributed by atoms with Crippen molar-refractivity contribution in [2.24, 2.45) is 5.16 Å². The molecule has 0 fully saturated rings. The Bertz CT molecular complexity index is 924. The molecule has 2 aromatic rings. The molecule has 0 amide bonds. The molecule has 0 bridgehead atoms. The van der Waals surface area contributed by atoms with Gasteiger partial charge in [0.05, 0.1) is 26.0 Å². The number of hydrogen-bond acceptors (Lipinski definition) is 6. The molecule has 0 saturated carbocycles. The summed E-state index contributed by atoms with van der Waals surface area (Å²) < 4.78 is 16.3. The zero-order valence-corrected chi connectivity index (χ0v) is 19.5. The van der Waals surface area contributed by atoms with Crippen LogP contribution in [0.15, 0.2) is 65.3 Å². The third kappa shape index (κ3) is 7.66. The Morgan fingerprint density at radius 3 is 2.50 bits per heavy atom. The van der Waals surface area contributed by atoms with Crippen molar-refractivity contribution in [1.29, 1.82) is 0 Å². The molecule has 170 valence electrons. The van der Waals surface area contributed by atoms with E-state index in [2.05, 4.69) is 23.5 Å². The molecule has 3 rings (SSSR count). The summed E-state index contributed by atoms with van der Waals surface area (Å²) in [4.78, 5) is 6.25. The van der Waals surface area contributed by atoms with Crippen molar-refractivity contribution in [3.63, 3.8) is 0 Å². The number of nitrogens with zero attached hydrogens (tertiary/aromatic N) is 1. The smallest absolute Gasteiger partial charge is 0.142 e. The maximum atomic E-state index is 5.80. The van der Waals surface area contributed by atoms with Gasteiger partial charge in [-0.1, -0.05) is 48.1 Å². The maximum absolute atomic E-state index is 5.80. The standard InChI is InChI=1S/C25H30N2O4S/c1-3-24(27-31-17-20-4-8-22(28-2)9-5-20)21-6-10-23(11-7-21)30-18-25(32)26-16-19-12-14-29-15-13-19/h4-12H,3,13-18H2,1-2H3,(H,26,32)/b27-24+. The summed E-state index contributed by atoms with van der Waals surface area (Å²) in [6, 6.07) is 15.6. The molecule has 1 aliphatic heterocycles. The van der Waals surface area contributed by atoms with E-state index >= 15 is 0 Å². The second-order valence-corrected chi connectivity index (χ2v) is 7.78. The van der Waals surface area contributed by atoms with Crippen LogP contribution in [-0.2, 0) is 16.2 Å². The van der Waals surface area contributed by atoms with Crippen LogP contribution in [0.2, 0.25) is 0 Å². The van der Waals surface area contributed by atoms with Crippen molar-refractivity contribution in [2.45, 2.75) is 26.4 Å². The van der Waals surface area contributed by atoms with E-state index in [4.69, 9.17) is 31.3 Å². The van der Waals surface area contributed by atoms with Gasteiger partial charge in [-0.25, -0.2) is 0 Å². The van der Waals surface area contributed by atoms with Gasteiger partial charge in [0.15, 0.2) is 0 Å². The van der Waals surface area contributed by atoms with Crippen LogP contribution in [0.4, 0.5) is 0 Å². The van der Waals surface area contributed by atoms with Crippen LogP contribution >= 0.6 is 12.2 Å². The van der Waals surface area contributed by atoms with Crippen molar-refractivity contribution in [1.82, 2.24) is 5.32 Å². The van der Waals surface area contributed by atoms with Crippen LogP contribution in [0, 0.1) is 0 Å². The quantitative estimate of drug-likeness (QED) is 0.230. The van der Waals surface area contributed by atoms with Crippen molar-refractivity contribution in [3.05, 3.63) is 71.3 Å². The van der Waals surface area contributed by atoms with E-state index in [-0.39, 0.29) is 0 Å². The van der Waals surface area contributed by atoms with Crippen LogP contribution in [0.3, 0.4) is 0 Å². The fourth-order valence-corrected chi connectivity index (χ4v) is 3.24. The van der Waals surface area contributed by atoms with Gasteiger partial charge in [-0.15, -0.1) is 0 Å². The molecule has 0 atom stereocenters. The summed E-state index contributed by atoms with van der Waals surface area (Å²) in [5.41, 5.74) is 4.24. The Kier molecular flexibility index (Phi) is 9.53. The molecule has 0 aliphatic carbocycles. The Labute approximate surface area is 195 Å². The number of methoxy groups -OCH3 is 1. The minimum atomic E-state index is 0.345. The lowest BCUT2D eigenvalue weighted by Crippen LogP contribution is -2.29. The molecule has 0 aromatic heterocycles. The maximum Gasteiger partial charge on any atom is 0.142 e. The minimum Gasteiger partial charge on any atom is -0.497 e. The number of nitrogens with one attached hydrogen (secondary N) is 1. The summed E-state index contributed by atoms with van der Waals surface area (Å²) >= 11 is 5.37. The summed E-state index contributed by atoms with van der Waals surface area (Å²) in [5.74, 6) is 1.58. The first-order valence-electron chi connectivity index (χ1n) is 10.7. The van der Waals surface area contributed by atoms with Gasteiger partial charge in [-0.2, -0.15) is 0 Å². The fraction of sp³-hybridized carbons (Fsp3) is 0.360. The number of rotatable bonds is 11. The number of benzene rings is 2. The first-order valence-corrected chi connectivity index (χ1v) is 11.2. The van der Waals surface area contributed by atoms with Crippen molar-refractivity contribution >= 4 is 22.9 Å². The van der Waals surface area contributed by atoms with Gasteiger partial charge < -0.3 is 24.4 Å². The lowest BCUT2D eigenvalue weighted by Gasteiger charge is -2.15. The average molecular weight is 455 g/mol. The normalized spacial score (nSPS) is 13.8. The van der Waals surface area contributed by atoms with E-state index in [0.29, 0.717) is 24.8 Å². The van der Waals surface area contributed by atoms with E-state index in [9.17, 15) is 0 Å². The van der Waals surface area contributed by atoms with Gasteiger partial charge in [0.2, 0.25) is 0 Å². The van der Waals surface area contributed by atoms with Gasteiger partial charge in [0.1, 0.15) is 29.7 Å². The first-order chi connectivity index (χ1) is 15.7. The predicted octanol–water partition coefficient (Wildman–Crippen LogP) is 4.67. The second kappa shape index (κ2) is 12.8. The van der Waals surface area contributed by atoms with Gasteiger partial charge in [0.25, 0.3) is 0 Å². The van der Waals surface area contributed by atoms with Crippen LogP contribution < -0.4 is 14.8 Å². The molecule has 1 aliphatic rings. The van der Waals surface area contributed by atoms with E-state index in [1.165, 1.54) is 5.57 Å². The van der Waals surface area contributed by atoms with Crippen LogP contribution in [0.1, 0.15) is 30.9 Å². The van der Waals surface area contributed by atoms with E-state index in [1.807, 2.05) is 48.5 Å².